The average Bonchev–Trinajstić information content (AvgIpc) is 1.58. The summed E-state index contributed by atoms with van der Waals surface area (Å²) in [6, 6.07) is 17.3. The second-order valence-corrected chi connectivity index (χ2v) is 37.4. The summed E-state index contributed by atoms with van der Waals surface area (Å²) < 4.78 is 115. The number of aliphatic carboxylic acids is 2. The monoisotopic (exact) mass is 1780 g/mol. The maximum atomic E-state index is 14.4. The van der Waals surface area contributed by atoms with Crippen molar-refractivity contribution >= 4 is 97.5 Å². The molecule has 10 atom stereocenters. The molecule has 11 N–H and O–H groups in total. The van der Waals surface area contributed by atoms with Crippen molar-refractivity contribution in [1.29, 1.82) is 0 Å². The number of amides is 9. The maximum absolute atomic E-state index is 14.4. The molecular formula is C87H114F2N12O22S2. The van der Waals surface area contributed by atoms with E-state index in [2.05, 4.69) is 59.8 Å². The van der Waals surface area contributed by atoms with Gasteiger partial charge in [0.2, 0.25) is 11.8 Å². The number of carboxylic acid groups (broad SMARTS) is 2. The summed E-state index contributed by atoms with van der Waals surface area (Å²) in [4.78, 5) is 146. The molecule has 12 rings (SSSR count). The van der Waals surface area contributed by atoms with Crippen LogP contribution in [0.1, 0.15) is 197 Å². The zero-order chi connectivity index (χ0) is 90.0. The summed E-state index contributed by atoms with van der Waals surface area (Å²) in [5.41, 5.74) is -1.53. The Bertz CT molecular complexity index is 4870. The molecule has 4 aliphatic carbocycles. The lowest BCUT2D eigenvalue weighted by atomic mass is 10.1. The van der Waals surface area contributed by atoms with Gasteiger partial charge < -0.3 is 71.1 Å². The van der Waals surface area contributed by atoms with Gasteiger partial charge in [0, 0.05) is 68.5 Å². The largest absolute Gasteiger partial charge is 0.480 e. The van der Waals surface area contributed by atoms with Gasteiger partial charge in [-0.05, 0) is 158 Å². The first-order valence-electron chi connectivity index (χ1n) is 42.9. The number of anilines is 2. The van der Waals surface area contributed by atoms with E-state index < -0.39 is 163 Å². The van der Waals surface area contributed by atoms with Gasteiger partial charge >= 0.3 is 42.4 Å². The second kappa shape index (κ2) is 42.2. The molecule has 9 amide bonds. The zero-order valence-corrected chi connectivity index (χ0v) is 72.2. The Labute approximate surface area is 725 Å². The lowest BCUT2D eigenvalue weighted by Gasteiger charge is -2.29. The van der Waals surface area contributed by atoms with E-state index in [1.165, 1.54) is 58.4 Å². The average molecular weight is 1780 g/mol. The van der Waals surface area contributed by atoms with Crippen LogP contribution >= 0.6 is 0 Å². The quantitative estimate of drug-likeness (QED) is 0.0113. The molecule has 0 unspecified atom stereocenters. The molecule has 4 aromatic rings. The minimum atomic E-state index is -4.51. The van der Waals surface area contributed by atoms with Crippen molar-refractivity contribution in [2.75, 3.05) is 36.8 Å². The number of para-hydroxylation sites is 2. The van der Waals surface area contributed by atoms with E-state index in [-0.39, 0.29) is 105 Å². The number of carboxylic acids is 2. The predicted molar refractivity (Wildman–Crippen MR) is 450 cm³/mol. The summed E-state index contributed by atoms with van der Waals surface area (Å²) in [6.07, 6.45) is 12.1. The van der Waals surface area contributed by atoms with Crippen LogP contribution < -0.4 is 46.7 Å². The van der Waals surface area contributed by atoms with Crippen LogP contribution in [0.2, 0.25) is 0 Å². The summed E-state index contributed by atoms with van der Waals surface area (Å²) in [7, 11) is -8.90. The second-order valence-electron chi connectivity index (χ2n) is 34.1. The SMILES string of the molecule is C=C[C@@H]1C[C@]1(NC(=O)[C@@H]1C[C@@H](OC(=O)N2Cc3cccc(F)c3C2)CN1)C(=O)NS(=O)(=O)c1ccccc1NCCCCCCC[C@H](NC(=O)OC1CCCC1)C(=O)O.C=C[C@@H]1C[C@]1(NC(=O)[C@@H]1C[C@@H](OC(=O)N2Cc3cccc(F)c3C2)CN1C(=O)OC(C)(C)C)C(=O)NS(=O)(=O)c1ccccc1NCCCCCCC[C@H](NC(=O)OC1CCCC1)C(=O)O. The molecule has 0 bridgehead atoms. The topological polar surface area (TPSA) is 461 Å². The fourth-order valence-corrected chi connectivity index (χ4v) is 19.1. The number of ether oxygens (including phenoxy) is 5. The number of hydrogen-bond donors (Lipinski definition) is 11. The lowest BCUT2D eigenvalue weighted by Crippen LogP contribution is -2.56. The summed E-state index contributed by atoms with van der Waals surface area (Å²) in [5, 5.41) is 38.7. The van der Waals surface area contributed by atoms with Crippen molar-refractivity contribution in [2.24, 2.45) is 11.8 Å². The van der Waals surface area contributed by atoms with E-state index in [1.807, 2.05) is 0 Å². The minimum Gasteiger partial charge on any atom is -0.480 e. The number of benzene rings is 4. The van der Waals surface area contributed by atoms with Crippen LogP contribution in [-0.2, 0) is 98.7 Å². The van der Waals surface area contributed by atoms with Gasteiger partial charge in [-0.1, -0.05) is 112 Å². The van der Waals surface area contributed by atoms with Gasteiger partial charge in [0.1, 0.15) is 80.6 Å². The fourth-order valence-electron chi connectivity index (χ4n) is 16.6. The van der Waals surface area contributed by atoms with Crippen molar-refractivity contribution in [3.63, 3.8) is 0 Å². The third kappa shape index (κ3) is 25.1. The first-order chi connectivity index (χ1) is 59.6. The molecule has 4 aliphatic heterocycles. The number of carbonyl (C=O) groups is 11. The van der Waals surface area contributed by atoms with Crippen molar-refractivity contribution in [2.45, 2.75) is 276 Å². The number of alkyl carbamates (subject to hydrolysis) is 2. The van der Waals surface area contributed by atoms with E-state index in [4.69, 9.17) is 23.7 Å². The van der Waals surface area contributed by atoms with Crippen LogP contribution in [0.25, 0.3) is 0 Å². The third-order valence-corrected chi connectivity index (χ3v) is 26.5. The summed E-state index contributed by atoms with van der Waals surface area (Å²) in [5.74, 6) is -7.52. The van der Waals surface area contributed by atoms with Gasteiger partial charge in [-0.15, -0.1) is 13.2 Å². The van der Waals surface area contributed by atoms with Crippen LogP contribution in [0, 0.1) is 23.5 Å². The van der Waals surface area contributed by atoms with Crippen LogP contribution in [0.3, 0.4) is 0 Å². The number of nitrogens with one attached hydrogen (secondary N) is 9. The normalized spacial score (nSPS) is 22.3. The van der Waals surface area contributed by atoms with E-state index in [1.54, 1.807) is 69.3 Å². The fraction of sp³-hybridized carbons (Fsp3) is 0.552. The Morgan fingerprint density at radius 1 is 0.528 bits per heavy atom. The van der Waals surface area contributed by atoms with Gasteiger partial charge in [-0.25, -0.2) is 68.6 Å². The number of likely N-dealkylation sites (tertiary alicyclic amines) is 1. The Balaban J connectivity index is 0.000000244. The van der Waals surface area contributed by atoms with E-state index >= 15 is 0 Å². The van der Waals surface area contributed by atoms with Gasteiger partial charge in [-0.3, -0.25) is 33.9 Å². The Morgan fingerprint density at radius 3 is 1.38 bits per heavy atom. The molecule has 125 heavy (non-hydrogen) atoms. The number of rotatable bonds is 38. The Kier molecular flexibility index (Phi) is 31.9. The number of nitrogens with zero attached hydrogens (tertiary/aromatic N) is 3. The molecular weight excluding hydrogens is 1670 g/mol. The molecule has 0 radical (unpaired) electrons. The molecule has 680 valence electrons. The standard InChI is InChI=1S/C46H61FN6O12S.C41H53FN6O10S/c1-5-30-25-46(30,50-39(54)37-24-32(27-53(37)44(60)65-45(2,3)4)64-43(59)52-26-29-16-15-19-34(47)33(29)28-52)41(57)51-66(61,62)38-22-13-12-20-35(38)48-23-14-8-6-7-9-21-36(40(55)56)49-42(58)63-31-17-10-11-18-31;1-2-27-22-41(27,46-36(49)34-21-29(23-44-34)58-40(54)48-24-26-13-12-16-31(42)30(26)25-48)38(52)47-59(55,56)35-19-10-9-17-32(35)43-20-11-5-3-4-6-18-33(37(50)51)45-39(53)57-28-14-7-8-15-28/h5,12-13,15-16,19-20,22,30-32,36-37,48H,1,6-11,14,17-18,21,23-28H2,2-4H3,(H,49,58)(H,50,54)(H,51,57)(H,55,56);2,9-10,12-13,16-17,19,27-29,33-34,43-44H,1,3-8,11,14-15,18,20-25H2,(H,45,53)(H,46,49)(H,47,52)(H,50,51)/t30-,32-,36+,37+,46-;27-,29-,33+,34+,41-/m11/s1. The van der Waals surface area contributed by atoms with E-state index in [0.29, 0.717) is 66.7 Å². The predicted octanol–water partition coefficient (Wildman–Crippen LogP) is 10.5. The third-order valence-electron chi connectivity index (χ3n) is 23.7. The number of fused-ring (bicyclic) bond motifs is 2. The number of unbranched alkanes of at least 4 members (excludes halogenated alkanes) is 8. The van der Waals surface area contributed by atoms with Crippen LogP contribution in [0.5, 0.6) is 0 Å². The van der Waals surface area contributed by atoms with Gasteiger partial charge in [0.15, 0.2) is 0 Å². The highest BCUT2D eigenvalue weighted by molar-refractivity contribution is 7.90. The van der Waals surface area contributed by atoms with Gasteiger partial charge in [0.25, 0.3) is 31.9 Å². The smallest absolute Gasteiger partial charge is 0.411 e. The van der Waals surface area contributed by atoms with Crippen molar-refractivity contribution in [3.8, 4) is 0 Å². The molecule has 6 fully saturated rings. The Hall–Kier alpha value is -11.1. The highest BCUT2D eigenvalue weighted by Gasteiger charge is 2.63. The summed E-state index contributed by atoms with van der Waals surface area (Å²) in [6.45, 7) is 13.6. The van der Waals surface area contributed by atoms with Crippen molar-refractivity contribution in [3.05, 3.63) is 144 Å². The van der Waals surface area contributed by atoms with Crippen molar-refractivity contribution in [1.82, 2.24) is 50.7 Å². The number of hydrogen-bond acceptors (Lipinski definition) is 23. The first kappa shape index (κ1) is 94.5. The first-order valence-corrected chi connectivity index (χ1v) is 45.8. The summed E-state index contributed by atoms with van der Waals surface area (Å²) >= 11 is 0. The molecule has 0 aromatic heterocycles. The number of halogens is 2. The van der Waals surface area contributed by atoms with Crippen LogP contribution in [-0.4, -0.2) is 199 Å². The molecule has 4 saturated carbocycles. The highest BCUT2D eigenvalue weighted by Crippen LogP contribution is 2.47. The maximum Gasteiger partial charge on any atom is 0.411 e. The number of sulfonamides is 2. The van der Waals surface area contributed by atoms with Crippen LogP contribution in [0.15, 0.2) is 120 Å². The highest BCUT2D eigenvalue weighted by atomic mass is 32.2. The minimum absolute atomic E-state index is 0.0155. The van der Waals surface area contributed by atoms with Crippen LogP contribution in [0.4, 0.5) is 44.1 Å². The molecule has 0 spiro atoms. The number of carbonyl (C=O) groups excluding carboxylic acids is 9. The van der Waals surface area contributed by atoms with Gasteiger partial charge in [0.05, 0.1) is 37.1 Å². The molecule has 4 heterocycles. The zero-order valence-electron chi connectivity index (χ0n) is 70.5. The molecule has 38 heteroatoms. The van der Waals surface area contributed by atoms with Crippen molar-refractivity contribution < 1.29 is 112 Å². The molecule has 4 aromatic carbocycles. The van der Waals surface area contributed by atoms with E-state index in [0.717, 1.165) is 94.8 Å². The van der Waals surface area contributed by atoms with E-state index in [9.17, 15) is 88.6 Å². The lowest BCUT2D eigenvalue weighted by molar-refractivity contribution is -0.140. The molecule has 8 aliphatic rings. The molecule has 34 nitrogen and oxygen atoms in total. The molecule has 2 saturated heterocycles. The van der Waals surface area contributed by atoms with Gasteiger partial charge in [-0.2, -0.15) is 0 Å². The Morgan fingerprint density at radius 2 is 0.952 bits per heavy atom.